The first kappa shape index (κ1) is 26.4. The van der Waals surface area contributed by atoms with Crippen LogP contribution in [0.15, 0.2) is 129 Å². The molecule has 0 aromatic rings. The molecule has 7 aliphatic rings. The fourth-order valence-electron chi connectivity index (χ4n) is 8.07. The molecule has 6 atom stereocenters. The van der Waals surface area contributed by atoms with Crippen molar-refractivity contribution in [3.05, 3.63) is 129 Å². The summed E-state index contributed by atoms with van der Waals surface area (Å²) in [4.78, 5) is 6.11. The molecule has 0 amide bonds. The number of nitrogens with zero attached hydrogens (tertiary/aromatic N) is 1. The van der Waals surface area contributed by atoms with Crippen LogP contribution in [0.1, 0.15) is 64.7 Å². The maximum atomic E-state index is 2.91. The lowest BCUT2D eigenvalue weighted by molar-refractivity contribution is 0.148. The lowest BCUT2D eigenvalue weighted by Crippen LogP contribution is -2.45. The van der Waals surface area contributed by atoms with E-state index in [9.17, 15) is 0 Å². The molecular weight excluding hydrogens is 502 g/mol. The molecule has 0 radical (unpaired) electrons. The predicted octanol–water partition coefficient (Wildman–Crippen LogP) is 9.86. The lowest BCUT2D eigenvalue weighted by atomic mass is 9.77. The van der Waals surface area contributed by atoms with Crippen LogP contribution in [0.3, 0.4) is 0 Å². The molecule has 0 N–H and O–H groups in total. The highest BCUT2D eigenvalue weighted by molar-refractivity contribution is 8.07. The van der Waals surface area contributed by atoms with E-state index < -0.39 is 0 Å². The topological polar surface area (TPSA) is 3.24 Å². The zero-order valence-corrected chi connectivity index (χ0v) is 24.7. The Bertz CT molecular complexity index is 1350. The number of hydrogen-bond acceptors (Lipinski definition) is 2. The second-order valence-electron chi connectivity index (χ2n) is 12.4. The molecule has 0 aromatic carbocycles. The maximum Gasteiger partial charge on any atom is 0.0360 e. The van der Waals surface area contributed by atoms with Crippen LogP contribution in [-0.4, -0.2) is 23.0 Å². The molecule has 0 bridgehead atoms. The van der Waals surface area contributed by atoms with E-state index in [-0.39, 0.29) is 0 Å². The van der Waals surface area contributed by atoms with Crippen LogP contribution in [-0.2, 0) is 0 Å². The quantitative estimate of drug-likeness (QED) is 0.231. The Hall–Kier alpha value is -2.55. The molecule has 206 valence electrons. The van der Waals surface area contributed by atoms with Crippen LogP contribution in [0.4, 0.5) is 0 Å². The molecule has 2 aliphatic heterocycles. The highest BCUT2D eigenvalue weighted by Gasteiger charge is 2.49. The summed E-state index contributed by atoms with van der Waals surface area (Å²) in [6.45, 7) is 2.19. The third-order valence-corrected chi connectivity index (χ3v) is 11.3. The van der Waals surface area contributed by atoms with Gasteiger partial charge in [-0.1, -0.05) is 121 Å². The van der Waals surface area contributed by atoms with E-state index in [2.05, 4.69) is 121 Å². The first-order valence-electron chi connectivity index (χ1n) is 15.8. The first-order valence-corrected chi connectivity index (χ1v) is 16.6. The Balaban J connectivity index is 1.07. The average molecular weight is 546 g/mol. The molecule has 2 heterocycles. The number of thioether (sulfide) groups is 1. The van der Waals surface area contributed by atoms with E-state index in [0.717, 1.165) is 19.3 Å². The normalized spacial score (nSPS) is 34.5. The molecule has 6 unspecified atom stereocenters. The molecule has 0 aromatic heterocycles. The summed E-state index contributed by atoms with van der Waals surface area (Å²) in [7, 11) is 0. The SMILES string of the molecule is CC/C=C\C=C/CCC1=CCCC(N2C3C=CC=CC3C3C=C(C4=CC=C5SC6=C(C=CCC6)C5C4)C=CC32)C1. The van der Waals surface area contributed by atoms with Gasteiger partial charge in [0, 0.05) is 35.9 Å². The summed E-state index contributed by atoms with van der Waals surface area (Å²) < 4.78 is 0. The van der Waals surface area contributed by atoms with Crippen molar-refractivity contribution in [1.29, 1.82) is 0 Å². The van der Waals surface area contributed by atoms with E-state index in [4.69, 9.17) is 0 Å². The highest BCUT2D eigenvalue weighted by Crippen LogP contribution is 2.54. The van der Waals surface area contributed by atoms with Crippen molar-refractivity contribution in [2.45, 2.75) is 82.8 Å². The van der Waals surface area contributed by atoms with Crippen LogP contribution in [0, 0.1) is 17.8 Å². The van der Waals surface area contributed by atoms with E-state index in [1.54, 1.807) is 21.0 Å². The van der Waals surface area contributed by atoms with Gasteiger partial charge in [0.05, 0.1) is 0 Å². The van der Waals surface area contributed by atoms with Crippen molar-refractivity contribution in [3.63, 3.8) is 0 Å². The van der Waals surface area contributed by atoms with Crippen molar-refractivity contribution < 1.29 is 0 Å². The van der Waals surface area contributed by atoms with E-state index in [1.165, 1.54) is 49.7 Å². The summed E-state index contributed by atoms with van der Waals surface area (Å²) >= 11 is 2.06. The number of fused-ring (bicyclic) bond motifs is 5. The molecule has 0 spiro atoms. The van der Waals surface area contributed by atoms with Crippen LogP contribution in [0.2, 0.25) is 0 Å². The monoisotopic (exact) mass is 545 g/mol. The fraction of sp³-hybridized carbons (Fsp3) is 0.421. The number of allylic oxidation sites excluding steroid dienone is 17. The predicted molar refractivity (Wildman–Crippen MR) is 173 cm³/mol. The molecule has 40 heavy (non-hydrogen) atoms. The van der Waals surface area contributed by atoms with Crippen molar-refractivity contribution in [3.8, 4) is 0 Å². The van der Waals surface area contributed by atoms with Gasteiger partial charge in [-0.25, -0.2) is 0 Å². The summed E-state index contributed by atoms with van der Waals surface area (Å²) in [5.41, 5.74) is 6.29. The van der Waals surface area contributed by atoms with Crippen molar-refractivity contribution in [2.75, 3.05) is 0 Å². The summed E-state index contributed by atoms with van der Waals surface area (Å²) in [5, 5.41) is 0. The average Bonchev–Trinajstić information content (AvgIpc) is 3.54. The van der Waals surface area contributed by atoms with Gasteiger partial charge in [0.25, 0.3) is 0 Å². The minimum absolute atomic E-state index is 0.502. The van der Waals surface area contributed by atoms with Crippen molar-refractivity contribution in [1.82, 2.24) is 4.90 Å². The molecule has 2 heteroatoms. The standard InChI is InChI=1S/C38H43NS/c1-2-3-4-5-6-7-13-27-14-12-15-30(24-27)39-35-18-10-8-16-31(35)33-25-28(20-22-36(33)39)29-21-23-38-34(26-29)32-17-9-11-19-37(32)40-38/h3-6,8-10,14,16-18,20-23,25,30-31,33-36H,2,7,11-13,15,19,24,26H2,1H3/b4-3-,6-5-. The lowest BCUT2D eigenvalue weighted by Gasteiger charge is -2.39. The molecule has 5 aliphatic carbocycles. The van der Waals surface area contributed by atoms with Gasteiger partial charge in [-0.3, -0.25) is 4.90 Å². The Morgan fingerprint density at radius 1 is 0.950 bits per heavy atom. The second kappa shape index (κ2) is 11.7. The van der Waals surface area contributed by atoms with E-state index >= 15 is 0 Å². The largest absolute Gasteiger partial charge is 0.286 e. The van der Waals surface area contributed by atoms with Gasteiger partial charge in [-0.2, -0.15) is 0 Å². The van der Waals surface area contributed by atoms with Crippen LogP contribution in [0.25, 0.3) is 0 Å². The summed E-state index contributed by atoms with van der Waals surface area (Å²) in [6.07, 6.45) is 49.3. The Morgan fingerprint density at radius 2 is 1.85 bits per heavy atom. The minimum atomic E-state index is 0.502. The van der Waals surface area contributed by atoms with Crippen LogP contribution >= 0.6 is 11.8 Å². The Morgan fingerprint density at radius 3 is 2.80 bits per heavy atom. The van der Waals surface area contributed by atoms with E-state index in [1.807, 2.05) is 0 Å². The minimum Gasteiger partial charge on any atom is -0.286 e. The molecule has 7 rings (SSSR count). The van der Waals surface area contributed by atoms with E-state index in [0.29, 0.717) is 35.9 Å². The first-order chi connectivity index (χ1) is 19.8. The molecule has 1 saturated heterocycles. The molecular formula is C38H43NS. The number of rotatable bonds is 7. The van der Waals surface area contributed by atoms with Gasteiger partial charge in [0.2, 0.25) is 0 Å². The third kappa shape index (κ3) is 5.03. The summed E-state index contributed by atoms with van der Waals surface area (Å²) in [6, 6.07) is 1.66. The second-order valence-corrected chi connectivity index (χ2v) is 13.5. The fourth-order valence-corrected chi connectivity index (χ4v) is 9.40. The molecule has 0 saturated carbocycles. The zero-order valence-electron chi connectivity index (χ0n) is 23.9. The Kier molecular flexibility index (Phi) is 7.74. The molecule has 1 fully saturated rings. The summed E-state index contributed by atoms with van der Waals surface area (Å²) in [5.74, 6) is 1.71. The Labute approximate surface area is 245 Å². The smallest absolute Gasteiger partial charge is 0.0360 e. The van der Waals surface area contributed by atoms with Gasteiger partial charge in [-0.15, -0.1) is 0 Å². The van der Waals surface area contributed by atoms with Crippen molar-refractivity contribution >= 4 is 11.8 Å². The van der Waals surface area contributed by atoms with Gasteiger partial charge in [0.15, 0.2) is 0 Å². The van der Waals surface area contributed by atoms with Gasteiger partial charge in [-0.05, 0) is 84.3 Å². The van der Waals surface area contributed by atoms with Crippen molar-refractivity contribution in [2.24, 2.45) is 17.8 Å². The van der Waals surface area contributed by atoms with Crippen LogP contribution < -0.4 is 0 Å². The molecule has 1 nitrogen and oxygen atoms in total. The zero-order chi connectivity index (χ0) is 26.9. The maximum absolute atomic E-state index is 2.91. The van der Waals surface area contributed by atoms with Gasteiger partial charge < -0.3 is 0 Å². The van der Waals surface area contributed by atoms with Crippen LogP contribution in [0.5, 0.6) is 0 Å². The number of likely N-dealkylation sites (tertiary alicyclic amines) is 1. The highest BCUT2D eigenvalue weighted by atomic mass is 32.2. The third-order valence-electron chi connectivity index (χ3n) is 9.98. The van der Waals surface area contributed by atoms with Gasteiger partial charge >= 0.3 is 0 Å². The van der Waals surface area contributed by atoms with Gasteiger partial charge in [0.1, 0.15) is 0 Å². The number of hydrogen-bond donors (Lipinski definition) is 0.